The number of furan rings is 1. The van der Waals surface area contributed by atoms with Gasteiger partial charge in [-0.25, -0.2) is 0 Å². The summed E-state index contributed by atoms with van der Waals surface area (Å²) in [4.78, 5) is 0. The molecule has 0 atom stereocenters. The summed E-state index contributed by atoms with van der Waals surface area (Å²) in [6.45, 7) is 0.618. The van der Waals surface area contributed by atoms with Gasteiger partial charge in [-0.05, 0) is 37.1 Å². The molecular weight excluding hydrogens is 258 g/mol. The molecule has 0 aliphatic rings. The van der Waals surface area contributed by atoms with Crippen LogP contribution < -0.4 is 5.73 Å². The number of hydrogen-bond donors (Lipinski definition) is 2. The molecule has 80 valence electrons. The summed E-state index contributed by atoms with van der Waals surface area (Å²) in [5.74, 6) is 0.228. The Morgan fingerprint density at radius 3 is 3.00 bits per heavy atom. The molecule has 2 aromatic rings. The van der Waals surface area contributed by atoms with Crippen molar-refractivity contribution < 1.29 is 9.52 Å². The molecule has 0 radical (unpaired) electrons. The lowest BCUT2D eigenvalue weighted by Crippen LogP contribution is -2.00. The molecule has 0 saturated carbocycles. The van der Waals surface area contributed by atoms with Gasteiger partial charge >= 0.3 is 0 Å². The number of aryl methyl sites for hydroxylation is 1. The van der Waals surface area contributed by atoms with E-state index in [1.165, 1.54) is 0 Å². The lowest BCUT2D eigenvalue weighted by atomic mass is 10.1. The van der Waals surface area contributed by atoms with E-state index in [0.717, 1.165) is 28.3 Å². The van der Waals surface area contributed by atoms with Crippen LogP contribution in [0.2, 0.25) is 0 Å². The number of rotatable bonds is 3. The van der Waals surface area contributed by atoms with Crippen molar-refractivity contribution in [1.29, 1.82) is 0 Å². The van der Waals surface area contributed by atoms with E-state index in [2.05, 4.69) is 15.9 Å². The van der Waals surface area contributed by atoms with Gasteiger partial charge in [0.05, 0.1) is 6.26 Å². The zero-order valence-electron chi connectivity index (χ0n) is 8.16. The van der Waals surface area contributed by atoms with Crippen LogP contribution in [-0.2, 0) is 6.42 Å². The third-order valence-corrected chi connectivity index (χ3v) is 3.05. The van der Waals surface area contributed by atoms with E-state index in [9.17, 15) is 5.11 Å². The number of phenols is 1. The zero-order valence-corrected chi connectivity index (χ0v) is 9.75. The van der Waals surface area contributed by atoms with Gasteiger partial charge in [0, 0.05) is 9.86 Å². The summed E-state index contributed by atoms with van der Waals surface area (Å²) in [5, 5.41) is 10.8. The number of hydrogen-bond acceptors (Lipinski definition) is 3. The number of halogens is 1. The van der Waals surface area contributed by atoms with Crippen molar-refractivity contribution in [2.45, 2.75) is 12.8 Å². The van der Waals surface area contributed by atoms with Crippen LogP contribution in [0.25, 0.3) is 11.0 Å². The van der Waals surface area contributed by atoms with Crippen molar-refractivity contribution >= 4 is 26.9 Å². The molecule has 4 heteroatoms. The maximum absolute atomic E-state index is 9.93. The average Bonchev–Trinajstić information content (AvgIpc) is 2.70. The standard InChI is InChI=1S/C11H12BrNO2/c12-9-6-7(2-1-4-13)10(14)11-8(9)3-5-15-11/h3,5-6,14H,1-2,4,13H2. The first kappa shape index (κ1) is 10.5. The average molecular weight is 270 g/mol. The molecular formula is C11H12BrNO2. The maximum Gasteiger partial charge on any atom is 0.176 e. The van der Waals surface area contributed by atoms with Gasteiger partial charge in [0.1, 0.15) is 0 Å². The van der Waals surface area contributed by atoms with Crippen LogP contribution in [0, 0.1) is 0 Å². The smallest absolute Gasteiger partial charge is 0.176 e. The van der Waals surface area contributed by atoms with Crippen LogP contribution in [0.15, 0.2) is 27.3 Å². The van der Waals surface area contributed by atoms with Crippen LogP contribution in [0.5, 0.6) is 5.75 Å². The Balaban J connectivity index is 2.51. The molecule has 2 rings (SSSR count). The Morgan fingerprint density at radius 2 is 2.27 bits per heavy atom. The van der Waals surface area contributed by atoms with Crippen molar-refractivity contribution in [2.75, 3.05) is 6.54 Å². The highest BCUT2D eigenvalue weighted by molar-refractivity contribution is 9.10. The van der Waals surface area contributed by atoms with Crippen LogP contribution >= 0.6 is 15.9 Å². The second-order valence-electron chi connectivity index (χ2n) is 3.42. The van der Waals surface area contributed by atoms with E-state index < -0.39 is 0 Å². The second-order valence-corrected chi connectivity index (χ2v) is 4.28. The van der Waals surface area contributed by atoms with E-state index in [-0.39, 0.29) is 5.75 Å². The molecule has 0 fully saturated rings. The third kappa shape index (κ3) is 1.87. The summed E-state index contributed by atoms with van der Waals surface area (Å²) < 4.78 is 6.18. The molecule has 0 spiro atoms. The van der Waals surface area contributed by atoms with Gasteiger partial charge in [-0.3, -0.25) is 0 Å². The second kappa shape index (κ2) is 4.24. The third-order valence-electron chi connectivity index (χ3n) is 2.39. The van der Waals surface area contributed by atoms with Crippen molar-refractivity contribution in [2.24, 2.45) is 5.73 Å². The molecule has 0 aliphatic carbocycles. The van der Waals surface area contributed by atoms with Gasteiger partial charge in [-0.1, -0.05) is 15.9 Å². The Labute approximate surface area is 96.0 Å². The zero-order chi connectivity index (χ0) is 10.8. The molecule has 3 nitrogen and oxygen atoms in total. The minimum absolute atomic E-state index is 0.228. The topological polar surface area (TPSA) is 59.4 Å². The molecule has 3 N–H and O–H groups in total. The van der Waals surface area contributed by atoms with Crippen molar-refractivity contribution in [3.8, 4) is 5.75 Å². The molecule has 15 heavy (non-hydrogen) atoms. The quantitative estimate of drug-likeness (QED) is 0.901. The minimum atomic E-state index is 0.228. The molecule has 0 saturated heterocycles. The summed E-state index contributed by atoms with van der Waals surface area (Å²) in [7, 11) is 0. The normalized spacial score (nSPS) is 11.1. The molecule has 0 aliphatic heterocycles. The number of nitrogens with two attached hydrogens (primary N) is 1. The first-order valence-electron chi connectivity index (χ1n) is 4.81. The molecule has 1 aromatic heterocycles. The molecule has 0 bridgehead atoms. The van der Waals surface area contributed by atoms with Crippen molar-refractivity contribution in [3.05, 3.63) is 28.4 Å². The number of fused-ring (bicyclic) bond motifs is 1. The van der Waals surface area contributed by atoms with Crippen LogP contribution in [0.3, 0.4) is 0 Å². The molecule has 0 unspecified atom stereocenters. The highest BCUT2D eigenvalue weighted by Gasteiger charge is 2.12. The highest BCUT2D eigenvalue weighted by atomic mass is 79.9. The monoisotopic (exact) mass is 269 g/mol. The Morgan fingerprint density at radius 1 is 1.47 bits per heavy atom. The minimum Gasteiger partial charge on any atom is -0.504 e. The summed E-state index contributed by atoms with van der Waals surface area (Å²) in [6.07, 6.45) is 3.19. The van der Waals surface area contributed by atoms with Gasteiger partial charge in [0.15, 0.2) is 11.3 Å². The fraction of sp³-hybridized carbons (Fsp3) is 0.273. The predicted octanol–water partition coefficient (Wildman–Crippen LogP) is 2.79. The first-order valence-corrected chi connectivity index (χ1v) is 5.61. The van der Waals surface area contributed by atoms with Gasteiger partial charge in [0.25, 0.3) is 0 Å². The largest absolute Gasteiger partial charge is 0.504 e. The fourth-order valence-electron chi connectivity index (χ4n) is 1.61. The Bertz CT molecular complexity index is 479. The van der Waals surface area contributed by atoms with E-state index in [0.29, 0.717) is 12.1 Å². The number of aromatic hydroxyl groups is 1. The van der Waals surface area contributed by atoms with E-state index in [1.54, 1.807) is 6.26 Å². The van der Waals surface area contributed by atoms with E-state index >= 15 is 0 Å². The van der Waals surface area contributed by atoms with E-state index in [4.69, 9.17) is 10.2 Å². The van der Waals surface area contributed by atoms with Crippen molar-refractivity contribution in [3.63, 3.8) is 0 Å². The summed E-state index contributed by atoms with van der Waals surface area (Å²) in [5.41, 5.74) is 6.85. The van der Waals surface area contributed by atoms with Crippen LogP contribution in [0.1, 0.15) is 12.0 Å². The first-order chi connectivity index (χ1) is 7.24. The number of benzene rings is 1. The van der Waals surface area contributed by atoms with Crippen LogP contribution in [0.4, 0.5) is 0 Å². The van der Waals surface area contributed by atoms with Crippen molar-refractivity contribution in [1.82, 2.24) is 0 Å². The van der Waals surface area contributed by atoms with Gasteiger partial charge in [-0.2, -0.15) is 0 Å². The fourth-order valence-corrected chi connectivity index (χ4v) is 2.20. The lowest BCUT2D eigenvalue weighted by molar-refractivity contribution is 0.457. The molecule has 0 amide bonds. The SMILES string of the molecule is NCCCc1cc(Br)c2ccoc2c1O. The van der Waals surface area contributed by atoms with Crippen LogP contribution in [-0.4, -0.2) is 11.7 Å². The van der Waals surface area contributed by atoms with Gasteiger partial charge in [-0.15, -0.1) is 0 Å². The lowest BCUT2D eigenvalue weighted by Gasteiger charge is -2.05. The predicted molar refractivity (Wildman–Crippen MR) is 63.0 cm³/mol. The Hall–Kier alpha value is -1.00. The summed E-state index contributed by atoms with van der Waals surface area (Å²) in [6, 6.07) is 3.74. The highest BCUT2D eigenvalue weighted by Crippen LogP contribution is 2.35. The molecule has 1 aromatic carbocycles. The molecule has 1 heterocycles. The Kier molecular flexibility index (Phi) is 2.98. The van der Waals surface area contributed by atoms with E-state index in [1.807, 2.05) is 12.1 Å². The van der Waals surface area contributed by atoms with Gasteiger partial charge < -0.3 is 15.3 Å². The summed E-state index contributed by atoms with van der Waals surface area (Å²) >= 11 is 3.45. The number of phenolic OH excluding ortho intramolecular Hbond substituents is 1. The van der Waals surface area contributed by atoms with Gasteiger partial charge in [0.2, 0.25) is 0 Å². The maximum atomic E-state index is 9.93.